The molecule has 1 unspecified atom stereocenters. The number of thiophene rings is 1. The van der Waals surface area contributed by atoms with E-state index in [-0.39, 0.29) is 11.9 Å². The first-order valence-corrected chi connectivity index (χ1v) is 7.79. The van der Waals surface area contributed by atoms with Crippen LogP contribution in [0.2, 0.25) is 0 Å². The first-order valence-electron chi connectivity index (χ1n) is 6.84. The lowest BCUT2D eigenvalue weighted by molar-refractivity contribution is -0.135. The molecule has 20 heavy (non-hydrogen) atoms. The molecule has 5 heteroatoms. The van der Waals surface area contributed by atoms with Gasteiger partial charge in [0.25, 0.3) is 0 Å². The van der Waals surface area contributed by atoms with Gasteiger partial charge in [-0.3, -0.25) is 4.79 Å². The molecular weight excluding hydrogens is 272 g/mol. The molecule has 0 bridgehead atoms. The van der Waals surface area contributed by atoms with Crippen LogP contribution in [0.3, 0.4) is 0 Å². The Morgan fingerprint density at radius 1 is 1.30 bits per heavy atom. The largest absolute Gasteiger partial charge is 0.378 e. The van der Waals surface area contributed by atoms with Crippen molar-refractivity contribution in [1.82, 2.24) is 9.47 Å². The maximum absolute atomic E-state index is 12.5. The highest BCUT2D eigenvalue weighted by Gasteiger charge is 2.23. The van der Waals surface area contributed by atoms with Crippen molar-refractivity contribution >= 4 is 17.2 Å². The molecule has 2 aromatic rings. The predicted molar refractivity (Wildman–Crippen MR) is 78.9 cm³/mol. The predicted octanol–water partition coefficient (Wildman–Crippen LogP) is 2.39. The molecule has 4 nitrogen and oxygen atoms in total. The van der Waals surface area contributed by atoms with Gasteiger partial charge in [0.15, 0.2) is 0 Å². The van der Waals surface area contributed by atoms with Crippen molar-refractivity contribution in [2.75, 3.05) is 26.3 Å². The number of carbonyl (C=O) groups excluding carboxylic acids is 1. The van der Waals surface area contributed by atoms with E-state index in [0.717, 1.165) is 0 Å². The van der Waals surface area contributed by atoms with Gasteiger partial charge >= 0.3 is 0 Å². The molecule has 0 saturated carbocycles. The van der Waals surface area contributed by atoms with Crippen LogP contribution in [0.4, 0.5) is 0 Å². The number of hydrogen-bond acceptors (Lipinski definition) is 3. The maximum atomic E-state index is 12.5. The van der Waals surface area contributed by atoms with Crippen LogP contribution in [0, 0.1) is 0 Å². The van der Waals surface area contributed by atoms with Crippen LogP contribution >= 0.6 is 11.3 Å². The van der Waals surface area contributed by atoms with Crippen LogP contribution < -0.4 is 0 Å². The number of carbonyl (C=O) groups is 1. The lowest BCUT2D eigenvalue weighted by Gasteiger charge is -2.29. The summed E-state index contributed by atoms with van der Waals surface area (Å²) in [6, 6.07) is 6.19. The monoisotopic (exact) mass is 290 g/mol. The molecule has 3 rings (SSSR count). The van der Waals surface area contributed by atoms with Crippen molar-refractivity contribution in [3.63, 3.8) is 0 Å². The molecule has 3 heterocycles. The number of aromatic nitrogens is 1. The summed E-state index contributed by atoms with van der Waals surface area (Å²) in [5, 5.41) is 4.18. The van der Waals surface area contributed by atoms with Gasteiger partial charge in [-0.25, -0.2) is 0 Å². The Hall–Kier alpha value is -1.59. The second-order valence-electron chi connectivity index (χ2n) is 4.90. The van der Waals surface area contributed by atoms with Gasteiger partial charge in [-0.2, -0.15) is 11.3 Å². The first-order chi connectivity index (χ1) is 9.84. The number of morpholine rings is 1. The molecule has 106 valence electrons. The minimum atomic E-state index is 0.0894. The first kappa shape index (κ1) is 13.4. The third-order valence-corrected chi connectivity index (χ3v) is 4.35. The van der Waals surface area contributed by atoms with Crippen LogP contribution in [-0.2, 0) is 9.53 Å². The highest BCUT2D eigenvalue weighted by atomic mass is 32.1. The minimum absolute atomic E-state index is 0.0894. The van der Waals surface area contributed by atoms with Crippen molar-refractivity contribution in [3.05, 3.63) is 46.9 Å². The summed E-state index contributed by atoms with van der Waals surface area (Å²) in [7, 11) is 0. The average Bonchev–Trinajstić information content (AvgIpc) is 3.19. The Morgan fingerprint density at radius 2 is 2.05 bits per heavy atom. The molecule has 1 amide bonds. The third-order valence-electron chi connectivity index (χ3n) is 3.65. The standard InChI is InChI=1S/C15H18N2O2S/c18-15(17-6-8-19-9-7-17)11-14(13-3-10-20-12-13)16-4-1-2-5-16/h1-5,10,12,14H,6-9,11H2. The summed E-state index contributed by atoms with van der Waals surface area (Å²) in [6.45, 7) is 2.72. The topological polar surface area (TPSA) is 34.5 Å². The Balaban J connectivity index is 1.75. The van der Waals surface area contributed by atoms with Gasteiger partial charge in [-0.05, 0) is 34.5 Å². The van der Waals surface area contributed by atoms with Crippen molar-refractivity contribution in [3.8, 4) is 0 Å². The van der Waals surface area contributed by atoms with E-state index in [0.29, 0.717) is 32.7 Å². The quantitative estimate of drug-likeness (QED) is 0.866. The summed E-state index contributed by atoms with van der Waals surface area (Å²) in [4.78, 5) is 14.4. The average molecular weight is 290 g/mol. The van der Waals surface area contributed by atoms with Gasteiger partial charge < -0.3 is 14.2 Å². The highest BCUT2D eigenvalue weighted by Crippen LogP contribution is 2.25. The second-order valence-corrected chi connectivity index (χ2v) is 5.68. The van der Waals surface area contributed by atoms with Gasteiger partial charge in [0, 0.05) is 25.5 Å². The van der Waals surface area contributed by atoms with Gasteiger partial charge in [0.1, 0.15) is 0 Å². The van der Waals surface area contributed by atoms with E-state index in [1.54, 1.807) is 11.3 Å². The third kappa shape index (κ3) is 2.94. The van der Waals surface area contributed by atoms with E-state index >= 15 is 0 Å². The molecule has 1 aliphatic rings. The number of rotatable bonds is 4. The van der Waals surface area contributed by atoms with Crippen molar-refractivity contribution in [1.29, 1.82) is 0 Å². The van der Waals surface area contributed by atoms with E-state index in [1.807, 2.05) is 29.4 Å². The van der Waals surface area contributed by atoms with E-state index < -0.39 is 0 Å². The van der Waals surface area contributed by atoms with Crippen LogP contribution in [0.5, 0.6) is 0 Å². The molecule has 0 aliphatic carbocycles. The molecule has 0 spiro atoms. The molecule has 1 saturated heterocycles. The van der Waals surface area contributed by atoms with Crippen molar-refractivity contribution in [2.45, 2.75) is 12.5 Å². The second kappa shape index (κ2) is 6.24. The molecule has 0 N–H and O–H groups in total. The van der Waals surface area contributed by atoms with E-state index in [2.05, 4.69) is 21.4 Å². The highest BCUT2D eigenvalue weighted by molar-refractivity contribution is 7.07. The molecule has 1 fully saturated rings. The number of nitrogens with zero attached hydrogens (tertiary/aromatic N) is 2. The Bertz CT molecular complexity index is 496. The van der Waals surface area contributed by atoms with Gasteiger partial charge in [0.05, 0.1) is 25.7 Å². The summed E-state index contributed by atoms with van der Waals surface area (Å²) in [5.41, 5.74) is 1.20. The maximum Gasteiger partial charge on any atom is 0.225 e. The SMILES string of the molecule is O=C(CC(c1ccsc1)n1cccc1)N1CCOCC1. The van der Waals surface area contributed by atoms with Gasteiger partial charge in [0.2, 0.25) is 5.91 Å². The molecule has 2 aromatic heterocycles. The Kier molecular flexibility index (Phi) is 4.18. The van der Waals surface area contributed by atoms with Crippen molar-refractivity contribution in [2.24, 2.45) is 0 Å². The number of hydrogen-bond donors (Lipinski definition) is 0. The van der Waals surface area contributed by atoms with Crippen LogP contribution in [0.15, 0.2) is 41.4 Å². The minimum Gasteiger partial charge on any atom is -0.378 e. The van der Waals surface area contributed by atoms with Crippen LogP contribution in [-0.4, -0.2) is 41.7 Å². The van der Waals surface area contributed by atoms with Crippen LogP contribution in [0.25, 0.3) is 0 Å². The summed E-state index contributed by atoms with van der Waals surface area (Å²) in [5.74, 6) is 0.207. The van der Waals surface area contributed by atoms with E-state index in [9.17, 15) is 4.79 Å². The zero-order chi connectivity index (χ0) is 13.8. The van der Waals surface area contributed by atoms with E-state index in [1.165, 1.54) is 5.56 Å². The zero-order valence-electron chi connectivity index (χ0n) is 11.3. The number of ether oxygens (including phenoxy) is 1. The summed E-state index contributed by atoms with van der Waals surface area (Å²) >= 11 is 1.67. The normalized spacial score (nSPS) is 17.1. The fraction of sp³-hybridized carbons (Fsp3) is 0.400. The zero-order valence-corrected chi connectivity index (χ0v) is 12.1. The molecule has 0 aromatic carbocycles. The molecular formula is C15H18N2O2S. The molecule has 1 atom stereocenters. The van der Waals surface area contributed by atoms with E-state index in [4.69, 9.17) is 4.74 Å². The Labute approximate surface area is 122 Å². The lowest BCUT2D eigenvalue weighted by Crippen LogP contribution is -2.41. The smallest absolute Gasteiger partial charge is 0.225 e. The fourth-order valence-electron chi connectivity index (χ4n) is 2.52. The fourth-order valence-corrected chi connectivity index (χ4v) is 3.23. The summed E-state index contributed by atoms with van der Waals surface area (Å²) in [6.07, 6.45) is 4.55. The van der Waals surface area contributed by atoms with Gasteiger partial charge in [-0.15, -0.1) is 0 Å². The van der Waals surface area contributed by atoms with Gasteiger partial charge in [-0.1, -0.05) is 0 Å². The molecule has 0 radical (unpaired) electrons. The number of amides is 1. The summed E-state index contributed by atoms with van der Waals surface area (Å²) < 4.78 is 7.41. The van der Waals surface area contributed by atoms with Crippen molar-refractivity contribution < 1.29 is 9.53 Å². The lowest BCUT2D eigenvalue weighted by atomic mass is 10.1. The molecule has 1 aliphatic heterocycles. The van der Waals surface area contributed by atoms with Crippen LogP contribution in [0.1, 0.15) is 18.0 Å². The Morgan fingerprint density at radius 3 is 2.70 bits per heavy atom.